The topological polar surface area (TPSA) is 123 Å². The molecule has 3 aliphatic rings. The third kappa shape index (κ3) is 6.49. The predicted octanol–water partition coefficient (Wildman–Crippen LogP) is 5.16. The monoisotopic (exact) mass is 691 g/mol. The van der Waals surface area contributed by atoms with Crippen LogP contribution in [0.2, 0.25) is 5.02 Å². The standard InChI is InChI=1S/C32H37ClF3N7O5/c1-5-22-26(40-12-13-41(24-9-8-23(24)40)30(46)48-31(2,3)4)28(45)43-29(38-27(39-43)18-10-14-47-15-11-18)42(22)17-25(44)37-21-7-6-19(16-20(21)33)32(34,35)36/h6-7,10,16,23-24H,5,8-9,11-15,17H2,1-4H3,(H,37,44)/t23-,24-/m0/s1. The molecule has 2 amide bonds. The number of anilines is 2. The quantitative estimate of drug-likeness (QED) is 0.377. The first-order valence-electron chi connectivity index (χ1n) is 15.9. The Balaban J connectivity index is 1.39. The lowest BCUT2D eigenvalue weighted by atomic mass is 9.81. The zero-order valence-electron chi connectivity index (χ0n) is 27.1. The van der Waals surface area contributed by atoms with Crippen LogP contribution < -0.4 is 15.8 Å². The van der Waals surface area contributed by atoms with Crippen molar-refractivity contribution in [2.24, 2.45) is 0 Å². The van der Waals surface area contributed by atoms with E-state index in [1.807, 2.05) is 38.7 Å². The van der Waals surface area contributed by atoms with Crippen molar-refractivity contribution >= 4 is 46.3 Å². The van der Waals surface area contributed by atoms with E-state index in [4.69, 9.17) is 26.1 Å². The van der Waals surface area contributed by atoms with Crippen LogP contribution in [0.25, 0.3) is 11.4 Å². The average molecular weight is 692 g/mol. The number of benzene rings is 1. The lowest BCUT2D eigenvalue weighted by molar-refractivity contribution is -0.137. The van der Waals surface area contributed by atoms with Gasteiger partial charge in [-0.25, -0.2) is 4.79 Å². The number of fused-ring (bicyclic) bond motifs is 2. The van der Waals surface area contributed by atoms with Crippen molar-refractivity contribution in [3.8, 4) is 0 Å². The summed E-state index contributed by atoms with van der Waals surface area (Å²) in [7, 11) is 0. The molecule has 2 aromatic heterocycles. The largest absolute Gasteiger partial charge is 0.444 e. The summed E-state index contributed by atoms with van der Waals surface area (Å²) < 4.78 is 53.5. The van der Waals surface area contributed by atoms with Crippen LogP contribution in [0.3, 0.4) is 0 Å². The fourth-order valence-electron chi connectivity index (χ4n) is 6.46. The SMILES string of the molecule is CCc1c(N2CCN(C(=O)OC(C)(C)C)[C@H]3CC[C@@H]32)c(=O)n2nc(C3=CCOCC3)nc2n1CC(=O)Nc1ccc(C(F)(F)F)cc1Cl. The van der Waals surface area contributed by atoms with E-state index in [0.29, 0.717) is 56.4 Å². The lowest BCUT2D eigenvalue weighted by Crippen LogP contribution is -2.67. The number of carbonyl (C=O) groups is 2. The molecular weight excluding hydrogens is 655 g/mol. The molecule has 0 unspecified atom stereocenters. The molecule has 1 saturated heterocycles. The van der Waals surface area contributed by atoms with Gasteiger partial charge in [0.2, 0.25) is 11.7 Å². The van der Waals surface area contributed by atoms with E-state index in [2.05, 4.69) is 10.4 Å². The van der Waals surface area contributed by atoms with E-state index < -0.39 is 34.9 Å². The highest BCUT2D eigenvalue weighted by molar-refractivity contribution is 6.33. The minimum absolute atomic E-state index is 0.00935. The molecule has 1 N–H and O–H groups in total. The Morgan fingerprint density at radius 1 is 1.15 bits per heavy atom. The van der Waals surface area contributed by atoms with Crippen LogP contribution in [0.15, 0.2) is 29.1 Å². The van der Waals surface area contributed by atoms with Crippen LogP contribution in [-0.4, -0.2) is 80.1 Å². The van der Waals surface area contributed by atoms with Crippen LogP contribution in [-0.2, 0) is 33.4 Å². The number of nitrogens with zero attached hydrogens (tertiary/aromatic N) is 6. The molecule has 0 radical (unpaired) electrons. The summed E-state index contributed by atoms with van der Waals surface area (Å²) in [4.78, 5) is 49.3. The van der Waals surface area contributed by atoms with E-state index >= 15 is 0 Å². The van der Waals surface area contributed by atoms with Gasteiger partial charge in [-0.15, -0.1) is 5.10 Å². The summed E-state index contributed by atoms with van der Waals surface area (Å²) in [5.41, 5.74) is -0.273. The molecule has 2 aliphatic heterocycles. The van der Waals surface area contributed by atoms with Crippen molar-refractivity contribution in [3.05, 3.63) is 56.7 Å². The number of aromatic nitrogens is 4. The van der Waals surface area contributed by atoms with Gasteiger partial charge in [0.15, 0.2) is 5.82 Å². The fourth-order valence-corrected chi connectivity index (χ4v) is 6.68. The molecule has 2 fully saturated rings. The van der Waals surface area contributed by atoms with Gasteiger partial charge in [0.25, 0.3) is 5.56 Å². The van der Waals surface area contributed by atoms with Crippen LogP contribution in [0.1, 0.15) is 64.0 Å². The summed E-state index contributed by atoms with van der Waals surface area (Å²) in [5, 5.41) is 6.93. The zero-order chi connectivity index (χ0) is 34.5. The lowest BCUT2D eigenvalue weighted by Gasteiger charge is -2.54. The Morgan fingerprint density at radius 3 is 2.50 bits per heavy atom. The van der Waals surface area contributed by atoms with Gasteiger partial charge >= 0.3 is 12.3 Å². The predicted molar refractivity (Wildman–Crippen MR) is 172 cm³/mol. The van der Waals surface area contributed by atoms with Crippen molar-refractivity contribution in [1.29, 1.82) is 0 Å². The normalized spacial score (nSPS) is 19.9. The highest BCUT2D eigenvalue weighted by atomic mass is 35.5. The number of halogens is 4. The van der Waals surface area contributed by atoms with E-state index in [1.165, 1.54) is 4.52 Å². The van der Waals surface area contributed by atoms with Gasteiger partial charge in [0, 0.05) is 19.1 Å². The molecule has 1 aliphatic carbocycles. The van der Waals surface area contributed by atoms with Gasteiger partial charge in [-0.1, -0.05) is 24.6 Å². The number of alkyl halides is 3. The third-order valence-electron chi connectivity index (χ3n) is 8.78. The number of rotatable bonds is 6. The van der Waals surface area contributed by atoms with Gasteiger partial charge in [0.1, 0.15) is 17.8 Å². The van der Waals surface area contributed by atoms with Gasteiger partial charge < -0.3 is 29.2 Å². The smallest absolute Gasteiger partial charge is 0.416 e. The summed E-state index contributed by atoms with van der Waals surface area (Å²) in [6, 6.07) is 2.38. The van der Waals surface area contributed by atoms with Gasteiger partial charge in [-0.2, -0.15) is 22.7 Å². The third-order valence-corrected chi connectivity index (χ3v) is 9.10. The Bertz CT molecular complexity index is 1850. The van der Waals surface area contributed by atoms with Gasteiger partial charge in [-0.05, 0) is 70.2 Å². The first-order chi connectivity index (χ1) is 22.7. The molecule has 0 spiro atoms. The number of hydrogen-bond acceptors (Lipinski definition) is 8. The maximum Gasteiger partial charge on any atom is 0.416 e. The van der Waals surface area contributed by atoms with Gasteiger partial charge in [-0.3, -0.25) is 9.59 Å². The highest BCUT2D eigenvalue weighted by Gasteiger charge is 2.47. The molecule has 12 nitrogen and oxygen atoms in total. The second-order valence-corrected chi connectivity index (χ2v) is 13.5. The van der Waals surface area contributed by atoms with E-state index in [-0.39, 0.29) is 35.1 Å². The summed E-state index contributed by atoms with van der Waals surface area (Å²) >= 11 is 6.13. The first-order valence-corrected chi connectivity index (χ1v) is 16.3. The van der Waals surface area contributed by atoms with Crippen molar-refractivity contribution in [3.63, 3.8) is 0 Å². The Hall–Kier alpha value is -4.11. The number of carbonyl (C=O) groups excluding carboxylic acids is 2. The van der Waals surface area contributed by atoms with E-state index in [0.717, 1.165) is 36.6 Å². The maximum absolute atomic E-state index is 14.3. The molecule has 1 saturated carbocycles. The number of amides is 2. The molecule has 4 heterocycles. The first kappa shape index (κ1) is 33.8. The minimum atomic E-state index is -4.59. The summed E-state index contributed by atoms with van der Waals surface area (Å²) in [6.45, 7) is 8.51. The van der Waals surface area contributed by atoms with E-state index in [9.17, 15) is 27.6 Å². The van der Waals surface area contributed by atoms with Gasteiger partial charge in [0.05, 0.1) is 41.2 Å². The molecule has 1 aromatic carbocycles. The Labute approximate surface area is 279 Å². The molecule has 3 aromatic rings. The zero-order valence-corrected chi connectivity index (χ0v) is 27.8. The average Bonchev–Trinajstić information content (AvgIpc) is 3.45. The van der Waals surface area contributed by atoms with Crippen molar-refractivity contribution in [2.75, 3.05) is 36.5 Å². The molecular formula is C32H37ClF3N7O5. The Kier molecular flexibility index (Phi) is 8.96. The van der Waals surface area contributed by atoms with Crippen LogP contribution >= 0.6 is 11.6 Å². The van der Waals surface area contributed by atoms with Crippen LogP contribution in [0.4, 0.5) is 29.3 Å². The van der Waals surface area contributed by atoms with Crippen LogP contribution in [0, 0.1) is 0 Å². The van der Waals surface area contributed by atoms with Crippen LogP contribution in [0.5, 0.6) is 0 Å². The second kappa shape index (κ2) is 12.7. The molecule has 16 heteroatoms. The molecule has 48 heavy (non-hydrogen) atoms. The number of nitrogens with one attached hydrogen (secondary N) is 1. The number of hydrogen-bond donors (Lipinski definition) is 1. The summed E-state index contributed by atoms with van der Waals surface area (Å²) in [5.74, 6) is -0.103. The van der Waals surface area contributed by atoms with Crippen molar-refractivity contribution in [1.82, 2.24) is 24.1 Å². The molecule has 258 valence electrons. The van der Waals surface area contributed by atoms with Crippen molar-refractivity contribution < 1.29 is 32.2 Å². The number of ether oxygens (including phenoxy) is 2. The van der Waals surface area contributed by atoms with E-state index in [1.54, 1.807) is 9.47 Å². The molecule has 6 rings (SSSR count). The number of piperazine rings is 1. The fraction of sp³-hybridized carbons (Fsp3) is 0.531. The second-order valence-electron chi connectivity index (χ2n) is 13.1. The highest BCUT2D eigenvalue weighted by Crippen LogP contribution is 2.38. The minimum Gasteiger partial charge on any atom is -0.444 e. The molecule has 0 bridgehead atoms. The summed E-state index contributed by atoms with van der Waals surface area (Å²) in [6.07, 6.45) is -0.762. The molecule has 2 atom stereocenters. The maximum atomic E-state index is 14.3. The Morgan fingerprint density at radius 2 is 1.90 bits per heavy atom. The van der Waals surface area contributed by atoms with Crippen molar-refractivity contribution in [2.45, 2.75) is 83.8 Å².